The van der Waals surface area contributed by atoms with Crippen LogP contribution in [0.4, 0.5) is 26.3 Å². The number of carboxylic acid groups (broad SMARTS) is 1. The van der Waals surface area contributed by atoms with Crippen molar-refractivity contribution in [1.82, 2.24) is 5.32 Å². The zero-order chi connectivity index (χ0) is 22.6. The third kappa shape index (κ3) is 6.95. The van der Waals surface area contributed by atoms with Crippen molar-refractivity contribution in [2.75, 3.05) is 6.61 Å². The minimum Gasteiger partial charge on any atom is -0.480 e. The normalized spacial score (nSPS) is 14.1. The molecule has 0 fully saturated rings. The maximum Gasteiger partial charge on any atom is 0.416 e. The van der Waals surface area contributed by atoms with Gasteiger partial charge in [-0.25, -0.2) is 4.79 Å². The van der Waals surface area contributed by atoms with E-state index >= 15 is 0 Å². The van der Waals surface area contributed by atoms with Crippen molar-refractivity contribution in [3.63, 3.8) is 0 Å². The van der Waals surface area contributed by atoms with Crippen LogP contribution in [0, 0.1) is 5.92 Å². The number of hydrogen-bond donors (Lipinski definition) is 2. The standard InChI is InChI=1S/C17H17F6NO5/c1-3-29-15(28)8(2)4-12(14(26)27)24-13(25)9-5-10(16(18,19)20)7-11(6-9)17(21,22)23/h5-8,12H,3-4H2,1-2H3,(H,24,25)(H,26,27)/t8-,12+/m0/s1. The molecule has 162 valence electrons. The first-order valence-corrected chi connectivity index (χ1v) is 8.16. The number of alkyl halides is 6. The molecule has 0 aliphatic carbocycles. The largest absolute Gasteiger partial charge is 0.480 e. The van der Waals surface area contributed by atoms with Crippen molar-refractivity contribution in [2.24, 2.45) is 5.92 Å². The number of ether oxygens (including phenoxy) is 1. The van der Waals surface area contributed by atoms with Crippen LogP contribution in [-0.4, -0.2) is 35.6 Å². The molecule has 0 saturated carbocycles. The Hall–Kier alpha value is -2.79. The number of carbonyl (C=O) groups excluding carboxylic acids is 2. The summed E-state index contributed by atoms with van der Waals surface area (Å²) in [5, 5.41) is 11.0. The van der Waals surface area contributed by atoms with Gasteiger partial charge in [0.05, 0.1) is 23.7 Å². The van der Waals surface area contributed by atoms with E-state index in [1.807, 2.05) is 5.32 Å². The fourth-order valence-electron chi connectivity index (χ4n) is 2.28. The smallest absolute Gasteiger partial charge is 0.416 e. The monoisotopic (exact) mass is 429 g/mol. The van der Waals surface area contributed by atoms with Gasteiger partial charge in [0.1, 0.15) is 6.04 Å². The molecule has 0 aliphatic heterocycles. The summed E-state index contributed by atoms with van der Waals surface area (Å²) in [5.41, 5.74) is -4.46. The lowest BCUT2D eigenvalue weighted by atomic mass is 10.0. The fraction of sp³-hybridized carbons (Fsp3) is 0.471. The second-order valence-electron chi connectivity index (χ2n) is 6.05. The Morgan fingerprint density at radius 2 is 1.52 bits per heavy atom. The number of carbonyl (C=O) groups is 3. The lowest BCUT2D eigenvalue weighted by molar-refractivity contribution is -0.149. The third-order valence-electron chi connectivity index (χ3n) is 3.73. The number of carboxylic acids is 1. The molecule has 0 saturated heterocycles. The number of rotatable bonds is 7. The van der Waals surface area contributed by atoms with Crippen molar-refractivity contribution in [2.45, 2.75) is 38.7 Å². The Morgan fingerprint density at radius 1 is 1.03 bits per heavy atom. The van der Waals surface area contributed by atoms with Gasteiger partial charge in [0.15, 0.2) is 0 Å². The van der Waals surface area contributed by atoms with Gasteiger partial charge >= 0.3 is 24.3 Å². The Labute approximate surface area is 160 Å². The summed E-state index contributed by atoms with van der Waals surface area (Å²) in [6.07, 6.45) is -10.8. The van der Waals surface area contributed by atoms with Gasteiger partial charge in [-0.05, 0) is 31.5 Å². The van der Waals surface area contributed by atoms with Crippen LogP contribution < -0.4 is 5.32 Å². The Bertz CT molecular complexity index is 742. The van der Waals surface area contributed by atoms with Gasteiger partial charge in [-0.3, -0.25) is 9.59 Å². The molecule has 12 heteroatoms. The number of hydrogen-bond acceptors (Lipinski definition) is 4. The highest BCUT2D eigenvalue weighted by molar-refractivity contribution is 5.97. The zero-order valence-electron chi connectivity index (χ0n) is 15.1. The number of benzene rings is 1. The van der Waals surface area contributed by atoms with Gasteiger partial charge in [0, 0.05) is 5.56 Å². The van der Waals surface area contributed by atoms with Crippen molar-refractivity contribution in [1.29, 1.82) is 0 Å². The van der Waals surface area contributed by atoms with E-state index in [0.717, 1.165) is 0 Å². The van der Waals surface area contributed by atoms with E-state index in [1.54, 1.807) is 0 Å². The summed E-state index contributed by atoms with van der Waals surface area (Å²) < 4.78 is 82.0. The van der Waals surface area contributed by atoms with Crippen LogP contribution in [0.2, 0.25) is 0 Å². The van der Waals surface area contributed by atoms with Crippen LogP contribution in [0.1, 0.15) is 41.8 Å². The fourth-order valence-corrected chi connectivity index (χ4v) is 2.28. The molecule has 1 aromatic rings. The Morgan fingerprint density at radius 3 is 1.90 bits per heavy atom. The summed E-state index contributed by atoms with van der Waals surface area (Å²) in [5.74, 6) is -4.86. The van der Waals surface area contributed by atoms with Crippen LogP contribution in [0.5, 0.6) is 0 Å². The molecular formula is C17H17F6NO5. The lowest BCUT2D eigenvalue weighted by Crippen LogP contribution is -2.43. The van der Waals surface area contributed by atoms with Crippen LogP contribution in [-0.2, 0) is 26.7 Å². The average Bonchev–Trinajstić information content (AvgIpc) is 2.59. The second kappa shape index (κ2) is 9.14. The summed E-state index contributed by atoms with van der Waals surface area (Å²) in [4.78, 5) is 35.1. The SMILES string of the molecule is CCOC(=O)[C@@H](C)C[C@@H](NC(=O)c1cc(C(F)(F)F)cc(C(F)(F)F)c1)C(=O)O. The highest BCUT2D eigenvalue weighted by Gasteiger charge is 2.38. The molecule has 29 heavy (non-hydrogen) atoms. The molecular weight excluding hydrogens is 412 g/mol. The highest BCUT2D eigenvalue weighted by atomic mass is 19.4. The second-order valence-corrected chi connectivity index (χ2v) is 6.05. The molecule has 0 heterocycles. The van der Waals surface area contributed by atoms with Gasteiger partial charge in [-0.15, -0.1) is 0 Å². The maximum atomic E-state index is 12.9. The van der Waals surface area contributed by atoms with E-state index in [2.05, 4.69) is 4.74 Å². The van der Waals surface area contributed by atoms with Gasteiger partial charge in [0.25, 0.3) is 5.91 Å². The first-order valence-electron chi connectivity index (χ1n) is 8.16. The molecule has 2 N–H and O–H groups in total. The minimum atomic E-state index is -5.17. The molecule has 0 radical (unpaired) electrons. The summed E-state index contributed by atoms with van der Waals surface area (Å²) in [6.45, 7) is 2.82. The van der Waals surface area contributed by atoms with Gasteiger partial charge in [-0.2, -0.15) is 26.3 Å². The number of aliphatic carboxylic acids is 1. The number of halogens is 6. The molecule has 0 spiro atoms. The van der Waals surface area contributed by atoms with Gasteiger partial charge in [0.2, 0.25) is 0 Å². The van der Waals surface area contributed by atoms with Gasteiger partial charge < -0.3 is 15.2 Å². The van der Waals surface area contributed by atoms with Crippen LogP contribution in [0.3, 0.4) is 0 Å². The summed E-state index contributed by atoms with van der Waals surface area (Å²) in [7, 11) is 0. The highest BCUT2D eigenvalue weighted by Crippen LogP contribution is 2.36. The van der Waals surface area contributed by atoms with Crippen molar-refractivity contribution >= 4 is 17.8 Å². The topological polar surface area (TPSA) is 92.7 Å². The van der Waals surface area contributed by atoms with Crippen molar-refractivity contribution in [3.8, 4) is 0 Å². The molecule has 0 aliphatic rings. The molecule has 2 atom stereocenters. The van der Waals surface area contributed by atoms with Crippen LogP contribution in [0.25, 0.3) is 0 Å². The van der Waals surface area contributed by atoms with Crippen molar-refractivity contribution in [3.05, 3.63) is 34.9 Å². The Kier molecular flexibility index (Phi) is 7.64. The van der Waals surface area contributed by atoms with Crippen LogP contribution >= 0.6 is 0 Å². The predicted octanol–water partition coefficient (Wildman–Crippen LogP) is 3.50. The quantitative estimate of drug-likeness (QED) is 0.511. The Balaban J connectivity index is 3.17. The molecule has 1 amide bonds. The van der Waals surface area contributed by atoms with Crippen LogP contribution in [0.15, 0.2) is 18.2 Å². The molecule has 1 aromatic carbocycles. The molecule has 0 unspecified atom stereocenters. The van der Waals surface area contributed by atoms with E-state index in [0.29, 0.717) is 0 Å². The number of esters is 1. The van der Waals surface area contributed by atoms with Gasteiger partial charge in [-0.1, -0.05) is 6.92 Å². The van der Waals surface area contributed by atoms with E-state index < -0.39 is 65.3 Å². The third-order valence-corrected chi connectivity index (χ3v) is 3.73. The summed E-state index contributed by atoms with van der Waals surface area (Å²) >= 11 is 0. The average molecular weight is 429 g/mol. The summed E-state index contributed by atoms with van der Waals surface area (Å²) in [6, 6.07) is -1.55. The van der Waals surface area contributed by atoms with E-state index in [4.69, 9.17) is 0 Å². The van der Waals surface area contributed by atoms with Crippen molar-refractivity contribution < 1.29 is 50.6 Å². The van der Waals surface area contributed by atoms with E-state index in [1.165, 1.54) is 13.8 Å². The lowest BCUT2D eigenvalue weighted by Gasteiger charge is -2.19. The molecule has 0 bridgehead atoms. The zero-order valence-corrected chi connectivity index (χ0v) is 15.1. The molecule has 1 rings (SSSR count). The first kappa shape index (κ1) is 24.2. The minimum absolute atomic E-state index is 0.0116. The predicted molar refractivity (Wildman–Crippen MR) is 85.8 cm³/mol. The first-order chi connectivity index (χ1) is 13.2. The van der Waals surface area contributed by atoms with E-state index in [9.17, 15) is 45.8 Å². The number of amides is 1. The molecule has 6 nitrogen and oxygen atoms in total. The number of nitrogens with one attached hydrogen (secondary N) is 1. The van der Waals surface area contributed by atoms with E-state index in [-0.39, 0.29) is 24.8 Å². The maximum absolute atomic E-state index is 12.9. The molecule has 0 aromatic heterocycles.